The Morgan fingerprint density at radius 3 is 2.48 bits per heavy atom. The van der Waals surface area contributed by atoms with Crippen LogP contribution in [0.1, 0.15) is 42.8 Å². The van der Waals surface area contributed by atoms with Gasteiger partial charge in [0.2, 0.25) is 5.82 Å². The van der Waals surface area contributed by atoms with Crippen molar-refractivity contribution in [1.29, 1.82) is 0 Å². The Balaban J connectivity index is 1.69. The summed E-state index contributed by atoms with van der Waals surface area (Å²) in [6.07, 6.45) is 2.47. The third-order valence-corrected chi connectivity index (χ3v) is 5.77. The van der Waals surface area contributed by atoms with Gasteiger partial charge in [0.1, 0.15) is 0 Å². The number of quaternary nitrogens is 1. The Bertz CT molecular complexity index is 854. The van der Waals surface area contributed by atoms with Crippen molar-refractivity contribution >= 4 is 11.6 Å². The van der Waals surface area contributed by atoms with Gasteiger partial charge in [-0.1, -0.05) is 61.0 Å². The van der Waals surface area contributed by atoms with Gasteiger partial charge < -0.3 is 4.90 Å². The third-order valence-electron chi connectivity index (χ3n) is 5.52. The molecule has 0 spiro atoms. The highest BCUT2D eigenvalue weighted by molar-refractivity contribution is 6.30. The molecule has 1 N–H and O–H groups in total. The van der Waals surface area contributed by atoms with Crippen LogP contribution in [-0.4, -0.2) is 33.3 Å². The zero-order chi connectivity index (χ0) is 18.6. The van der Waals surface area contributed by atoms with Crippen LogP contribution in [0.2, 0.25) is 5.02 Å². The average molecular weight is 383 g/mol. The van der Waals surface area contributed by atoms with Crippen molar-refractivity contribution in [2.45, 2.75) is 32.4 Å². The molecule has 3 aromatic rings. The normalized spacial score (nSPS) is 21.1. The van der Waals surface area contributed by atoms with E-state index in [2.05, 4.69) is 46.7 Å². The molecule has 0 aliphatic carbocycles. The number of aromatic nitrogens is 4. The Morgan fingerprint density at radius 1 is 1.07 bits per heavy atom. The maximum atomic E-state index is 6.13. The van der Waals surface area contributed by atoms with Crippen LogP contribution in [0.3, 0.4) is 0 Å². The minimum Gasteiger partial charge on any atom is -0.322 e. The molecule has 6 heteroatoms. The summed E-state index contributed by atoms with van der Waals surface area (Å²) in [5.41, 5.74) is 2.41. The van der Waals surface area contributed by atoms with Gasteiger partial charge in [0.25, 0.3) is 0 Å². The molecule has 4 rings (SSSR count). The largest absolute Gasteiger partial charge is 0.322 e. The van der Waals surface area contributed by atoms with E-state index in [0.717, 1.165) is 29.9 Å². The predicted octanol–water partition coefficient (Wildman–Crippen LogP) is 2.78. The van der Waals surface area contributed by atoms with Crippen molar-refractivity contribution < 1.29 is 4.90 Å². The topological polar surface area (TPSA) is 48.0 Å². The summed E-state index contributed by atoms with van der Waals surface area (Å²) in [6, 6.07) is 18.6. The lowest BCUT2D eigenvalue weighted by atomic mass is 9.95. The molecule has 1 aliphatic heterocycles. The molecule has 2 aromatic carbocycles. The molecule has 0 saturated carbocycles. The summed E-state index contributed by atoms with van der Waals surface area (Å²) < 4.78 is 1.94. The van der Waals surface area contributed by atoms with Crippen LogP contribution in [0.25, 0.3) is 0 Å². The van der Waals surface area contributed by atoms with Gasteiger partial charge in [-0.3, -0.25) is 0 Å². The summed E-state index contributed by atoms with van der Waals surface area (Å²) in [7, 11) is 0. The fraction of sp³-hybridized carbons (Fsp3) is 0.381. The summed E-state index contributed by atoms with van der Waals surface area (Å²) in [6.45, 7) is 5.28. The number of halogens is 1. The van der Waals surface area contributed by atoms with Crippen LogP contribution in [0.15, 0.2) is 54.6 Å². The second-order valence-electron chi connectivity index (χ2n) is 7.51. The van der Waals surface area contributed by atoms with Gasteiger partial charge in [-0.15, -0.1) is 5.10 Å². The van der Waals surface area contributed by atoms with E-state index in [-0.39, 0.29) is 6.04 Å². The molecule has 1 fully saturated rings. The van der Waals surface area contributed by atoms with Crippen LogP contribution in [0, 0.1) is 5.92 Å². The second kappa shape index (κ2) is 8.19. The van der Waals surface area contributed by atoms with Crippen LogP contribution < -0.4 is 4.90 Å². The van der Waals surface area contributed by atoms with E-state index in [1.54, 1.807) is 0 Å². The van der Waals surface area contributed by atoms with Crippen molar-refractivity contribution in [2.75, 3.05) is 13.1 Å². The summed E-state index contributed by atoms with van der Waals surface area (Å²) in [5, 5.41) is 13.5. The molecule has 2 heterocycles. The maximum Gasteiger partial charge on any atom is 0.214 e. The number of tetrazole rings is 1. The molecule has 27 heavy (non-hydrogen) atoms. The van der Waals surface area contributed by atoms with Gasteiger partial charge in [-0.2, -0.15) is 0 Å². The van der Waals surface area contributed by atoms with Crippen LogP contribution in [-0.2, 0) is 6.54 Å². The van der Waals surface area contributed by atoms with Crippen molar-refractivity contribution in [3.8, 4) is 0 Å². The molecule has 0 radical (unpaired) electrons. The van der Waals surface area contributed by atoms with E-state index in [0.29, 0.717) is 6.54 Å². The molecular weight excluding hydrogens is 358 g/mol. The highest BCUT2D eigenvalue weighted by atomic mass is 35.5. The standard InChI is InChI=1S/C21H24ClN5/c1-16-11-13-26(14-12-16)20(18-7-9-19(22)10-8-18)21-23-24-25-27(21)15-17-5-3-2-4-6-17/h2-10,16,20H,11-15H2,1H3/p+1/t20-/m0/s1. The molecule has 1 saturated heterocycles. The van der Waals surface area contributed by atoms with Gasteiger partial charge in [0.05, 0.1) is 19.6 Å². The van der Waals surface area contributed by atoms with E-state index < -0.39 is 0 Å². The SMILES string of the molecule is CC1CC[NH+]([C@@H](c2ccc(Cl)cc2)c2nnnn2Cc2ccccc2)CC1. The fourth-order valence-electron chi connectivity index (χ4n) is 3.93. The van der Waals surface area contributed by atoms with Crippen LogP contribution in [0.5, 0.6) is 0 Å². The fourth-order valence-corrected chi connectivity index (χ4v) is 4.06. The number of hydrogen-bond acceptors (Lipinski definition) is 3. The Morgan fingerprint density at radius 2 is 1.78 bits per heavy atom. The number of rotatable bonds is 5. The first-order valence-electron chi connectivity index (χ1n) is 9.61. The predicted molar refractivity (Wildman–Crippen MR) is 106 cm³/mol. The molecule has 1 atom stereocenters. The van der Waals surface area contributed by atoms with Crippen molar-refractivity contribution in [1.82, 2.24) is 20.2 Å². The molecule has 0 bridgehead atoms. The van der Waals surface area contributed by atoms with Gasteiger partial charge >= 0.3 is 0 Å². The summed E-state index contributed by atoms with van der Waals surface area (Å²) >= 11 is 6.13. The number of piperidine rings is 1. The second-order valence-corrected chi connectivity index (χ2v) is 7.94. The van der Waals surface area contributed by atoms with E-state index in [9.17, 15) is 0 Å². The molecule has 0 amide bonds. The highest BCUT2D eigenvalue weighted by Crippen LogP contribution is 2.21. The lowest BCUT2D eigenvalue weighted by Crippen LogP contribution is -3.13. The number of benzene rings is 2. The lowest BCUT2D eigenvalue weighted by molar-refractivity contribution is -0.932. The van der Waals surface area contributed by atoms with Crippen LogP contribution in [0.4, 0.5) is 0 Å². The Kier molecular flexibility index (Phi) is 5.50. The Labute approximate surface area is 165 Å². The van der Waals surface area contributed by atoms with Crippen LogP contribution >= 0.6 is 11.6 Å². The summed E-state index contributed by atoms with van der Waals surface area (Å²) in [5.74, 6) is 1.71. The number of likely N-dealkylation sites (tertiary alicyclic amines) is 1. The highest BCUT2D eigenvalue weighted by Gasteiger charge is 2.33. The van der Waals surface area contributed by atoms with Crippen molar-refractivity contribution in [3.05, 3.63) is 76.6 Å². The molecular formula is C21H25ClN5+. The zero-order valence-corrected chi connectivity index (χ0v) is 16.3. The molecule has 1 aliphatic rings. The van der Waals surface area contributed by atoms with E-state index >= 15 is 0 Å². The number of nitrogens with one attached hydrogen (secondary N) is 1. The van der Waals surface area contributed by atoms with E-state index in [4.69, 9.17) is 11.6 Å². The van der Waals surface area contributed by atoms with Gasteiger partial charge in [0, 0.05) is 10.6 Å². The molecule has 0 unspecified atom stereocenters. The van der Waals surface area contributed by atoms with Gasteiger partial charge in [-0.25, -0.2) is 4.68 Å². The maximum absolute atomic E-state index is 6.13. The minimum absolute atomic E-state index is 0.119. The van der Waals surface area contributed by atoms with Crippen molar-refractivity contribution in [3.63, 3.8) is 0 Å². The van der Waals surface area contributed by atoms with E-state index in [1.165, 1.54) is 28.9 Å². The molecule has 5 nitrogen and oxygen atoms in total. The molecule has 1 aromatic heterocycles. The zero-order valence-electron chi connectivity index (χ0n) is 15.6. The first kappa shape index (κ1) is 18.1. The first-order valence-corrected chi connectivity index (χ1v) is 9.98. The summed E-state index contributed by atoms with van der Waals surface area (Å²) in [4.78, 5) is 1.53. The third kappa shape index (κ3) is 4.20. The molecule has 140 valence electrons. The quantitative estimate of drug-likeness (QED) is 0.738. The minimum atomic E-state index is 0.119. The number of hydrogen-bond donors (Lipinski definition) is 1. The average Bonchev–Trinajstić information content (AvgIpc) is 3.13. The number of nitrogens with zero attached hydrogens (tertiary/aromatic N) is 4. The smallest absolute Gasteiger partial charge is 0.214 e. The Hall–Kier alpha value is -2.24. The lowest BCUT2D eigenvalue weighted by Gasteiger charge is -2.33. The van der Waals surface area contributed by atoms with Gasteiger partial charge in [0.15, 0.2) is 6.04 Å². The first-order chi connectivity index (χ1) is 13.2. The van der Waals surface area contributed by atoms with E-state index in [1.807, 2.05) is 35.0 Å². The monoisotopic (exact) mass is 382 g/mol. The van der Waals surface area contributed by atoms with Gasteiger partial charge in [-0.05, 0) is 46.9 Å². The van der Waals surface area contributed by atoms with Crippen molar-refractivity contribution in [2.24, 2.45) is 5.92 Å².